The molecule has 2 aromatic rings. The van der Waals surface area contributed by atoms with Crippen molar-refractivity contribution in [1.29, 1.82) is 0 Å². The average Bonchev–Trinajstić information content (AvgIpc) is 3.63. The predicted octanol–water partition coefficient (Wildman–Crippen LogP) is 5.99. The summed E-state index contributed by atoms with van der Waals surface area (Å²) >= 11 is 1.60. The van der Waals surface area contributed by atoms with E-state index < -0.39 is 0 Å². The molecule has 1 aliphatic heterocycles. The van der Waals surface area contributed by atoms with Crippen molar-refractivity contribution in [3.05, 3.63) is 75.1 Å². The fraction of sp³-hybridized carbons (Fsp3) is 0.433. The van der Waals surface area contributed by atoms with E-state index in [0.29, 0.717) is 6.42 Å². The molecule has 1 aromatic carbocycles. The highest BCUT2D eigenvalue weighted by atomic mass is 32.1. The lowest BCUT2D eigenvalue weighted by Gasteiger charge is -2.32. The zero-order valence-corrected chi connectivity index (χ0v) is 23.2. The molecule has 0 spiro atoms. The number of nitrogens with zero attached hydrogens (tertiary/aromatic N) is 1. The maximum atomic E-state index is 12.7. The van der Waals surface area contributed by atoms with Crippen molar-refractivity contribution in [2.45, 2.75) is 83.2 Å². The first-order valence-corrected chi connectivity index (χ1v) is 14.4. The van der Waals surface area contributed by atoms with Gasteiger partial charge in [0.25, 0.3) is 0 Å². The summed E-state index contributed by atoms with van der Waals surface area (Å²) in [6.45, 7) is 6.42. The van der Waals surface area contributed by atoms with Crippen LogP contribution < -0.4 is 21.4 Å². The number of hydrazone groups is 1. The van der Waals surface area contributed by atoms with Gasteiger partial charge in [-0.15, -0.1) is 11.3 Å². The molecule has 4 N–H and O–H groups in total. The Hall–Kier alpha value is -3.39. The average molecular weight is 532 g/mol. The zero-order valence-electron chi connectivity index (χ0n) is 22.4. The van der Waals surface area contributed by atoms with E-state index in [2.05, 4.69) is 60.4 Å². The molecular formula is C30H37N5O2S. The molecule has 5 rings (SSSR count). The van der Waals surface area contributed by atoms with Gasteiger partial charge in [0.1, 0.15) is 0 Å². The van der Waals surface area contributed by atoms with Crippen LogP contribution in [0.15, 0.2) is 69.8 Å². The molecule has 0 bridgehead atoms. The Morgan fingerprint density at radius 1 is 1.18 bits per heavy atom. The van der Waals surface area contributed by atoms with Crippen molar-refractivity contribution in [2.75, 3.05) is 5.32 Å². The Morgan fingerprint density at radius 3 is 2.76 bits per heavy atom. The summed E-state index contributed by atoms with van der Waals surface area (Å²) in [6, 6.07) is 12.2. The molecule has 2 aliphatic carbocycles. The summed E-state index contributed by atoms with van der Waals surface area (Å²) in [5, 5.41) is 16.0. The highest BCUT2D eigenvalue weighted by molar-refractivity contribution is 7.10. The van der Waals surface area contributed by atoms with Crippen LogP contribution >= 0.6 is 11.3 Å². The number of hydrogen-bond donors (Lipinski definition) is 4. The lowest BCUT2D eigenvalue weighted by atomic mass is 9.77. The molecule has 2 unspecified atom stereocenters. The van der Waals surface area contributed by atoms with Crippen LogP contribution in [0, 0.1) is 0 Å². The molecule has 38 heavy (non-hydrogen) atoms. The number of benzene rings is 1. The van der Waals surface area contributed by atoms with Gasteiger partial charge >= 0.3 is 6.03 Å². The topological polar surface area (TPSA) is 94.6 Å². The van der Waals surface area contributed by atoms with Crippen LogP contribution in [0.2, 0.25) is 0 Å². The maximum Gasteiger partial charge on any atom is 0.319 e. The second-order valence-electron chi connectivity index (χ2n) is 11.0. The van der Waals surface area contributed by atoms with E-state index in [4.69, 9.17) is 5.10 Å². The first kappa shape index (κ1) is 26.2. The number of allylic oxidation sites excluding steroid dienone is 1. The lowest BCUT2D eigenvalue weighted by molar-refractivity contribution is -0.119. The smallest absolute Gasteiger partial charge is 0.319 e. The Bertz CT molecular complexity index is 1290. The van der Waals surface area contributed by atoms with E-state index in [0.717, 1.165) is 64.4 Å². The Balaban J connectivity index is 1.24. The van der Waals surface area contributed by atoms with E-state index in [1.807, 2.05) is 29.6 Å². The number of carbonyl (C=O) groups is 2. The first-order valence-electron chi connectivity index (χ1n) is 13.5. The van der Waals surface area contributed by atoms with Gasteiger partial charge in [0.15, 0.2) is 0 Å². The summed E-state index contributed by atoms with van der Waals surface area (Å²) in [4.78, 5) is 26.2. The second kappa shape index (κ2) is 11.2. The van der Waals surface area contributed by atoms with Gasteiger partial charge in [0, 0.05) is 27.9 Å². The number of hydrogen-bond acceptors (Lipinski definition) is 5. The summed E-state index contributed by atoms with van der Waals surface area (Å²) in [7, 11) is 0. The number of nitrogens with one attached hydrogen (secondary N) is 4. The van der Waals surface area contributed by atoms with Crippen molar-refractivity contribution in [2.24, 2.45) is 5.10 Å². The predicted molar refractivity (Wildman–Crippen MR) is 154 cm³/mol. The molecular weight excluding hydrogens is 494 g/mol. The van der Waals surface area contributed by atoms with Gasteiger partial charge in [-0.2, -0.15) is 5.10 Å². The van der Waals surface area contributed by atoms with Gasteiger partial charge in [0.05, 0.1) is 17.7 Å². The summed E-state index contributed by atoms with van der Waals surface area (Å²) < 4.78 is 0. The molecule has 200 valence electrons. The Labute approximate surface area is 228 Å². The fourth-order valence-electron chi connectivity index (χ4n) is 5.72. The number of carbonyl (C=O) groups excluding carboxylic acids is 2. The molecule has 0 saturated heterocycles. The monoisotopic (exact) mass is 531 g/mol. The third-order valence-electron chi connectivity index (χ3n) is 7.80. The molecule has 3 amide bonds. The van der Waals surface area contributed by atoms with E-state index in [-0.39, 0.29) is 29.4 Å². The largest absolute Gasteiger partial charge is 0.335 e. The number of thiophene rings is 1. The Morgan fingerprint density at radius 2 is 2.00 bits per heavy atom. The van der Waals surface area contributed by atoms with Gasteiger partial charge in [-0.05, 0) is 86.2 Å². The first-order chi connectivity index (χ1) is 18.3. The van der Waals surface area contributed by atoms with E-state index in [1.54, 1.807) is 11.3 Å². The number of rotatable bonds is 8. The van der Waals surface area contributed by atoms with Crippen molar-refractivity contribution < 1.29 is 9.59 Å². The van der Waals surface area contributed by atoms with Crippen molar-refractivity contribution in [3.8, 4) is 0 Å². The van der Waals surface area contributed by atoms with Crippen LogP contribution in [0.5, 0.6) is 0 Å². The maximum absolute atomic E-state index is 12.7. The second-order valence-corrected chi connectivity index (χ2v) is 12.1. The van der Waals surface area contributed by atoms with E-state index in [1.165, 1.54) is 12.8 Å². The zero-order chi connectivity index (χ0) is 26.7. The Kier molecular flexibility index (Phi) is 7.70. The number of fused-ring (bicyclic) bond motifs is 1. The van der Waals surface area contributed by atoms with Crippen LogP contribution in [0.3, 0.4) is 0 Å². The number of anilines is 1. The van der Waals surface area contributed by atoms with Gasteiger partial charge in [-0.25, -0.2) is 4.79 Å². The van der Waals surface area contributed by atoms with Crippen molar-refractivity contribution >= 4 is 34.7 Å². The number of urea groups is 1. The van der Waals surface area contributed by atoms with Gasteiger partial charge in [-0.1, -0.05) is 38.0 Å². The third kappa shape index (κ3) is 6.01. The number of amides is 3. The normalized spacial score (nSPS) is 21.8. The molecule has 3 aliphatic rings. The third-order valence-corrected chi connectivity index (χ3v) is 8.68. The molecule has 1 saturated carbocycles. The minimum absolute atomic E-state index is 0.00125. The minimum Gasteiger partial charge on any atom is -0.335 e. The SMILES string of the molecule is CC1=C(NC(=O)Cc2cccs2)C=C2C(CC(C)c3cccc(NC(=O)NC4CCCC4)c3)=NNC2(C)C1. The van der Waals surface area contributed by atoms with Crippen molar-refractivity contribution in [1.82, 2.24) is 16.1 Å². The van der Waals surface area contributed by atoms with Crippen LogP contribution in [-0.4, -0.2) is 29.2 Å². The fourth-order valence-corrected chi connectivity index (χ4v) is 6.42. The van der Waals surface area contributed by atoms with Gasteiger partial charge < -0.3 is 16.0 Å². The lowest BCUT2D eigenvalue weighted by Crippen LogP contribution is -2.41. The quantitative estimate of drug-likeness (QED) is 0.337. The summed E-state index contributed by atoms with van der Waals surface area (Å²) in [6.07, 6.45) is 8.51. The highest BCUT2D eigenvalue weighted by Gasteiger charge is 2.40. The van der Waals surface area contributed by atoms with Gasteiger partial charge in [-0.3, -0.25) is 10.2 Å². The van der Waals surface area contributed by atoms with E-state index in [9.17, 15) is 9.59 Å². The highest BCUT2D eigenvalue weighted by Crippen LogP contribution is 2.38. The van der Waals surface area contributed by atoms with Crippen LogP contribution in [0.25, 0.3) is 0 Å². The van der Waals surface area contributed by atoms with Gasteiger partial charge in [0.2, 0.25) is 5.91 Å². The molecule has 7 nitrogen and oxygen atoms in total. The molecule has 1 fully saturated rings. The minimum atomic E-state index is -0.275. The van der Waals surface area contributed by atoms with Crippen molar-refractivity contribution in [3.63, 3.8) is 0 Å². The standard InChI is InChI=1S/C30H37N5O2S/c1-19(21-8-6-11-23(15-21)32-29(37)31-22-9-4-5-10-22)14-27-25-17-26(20(2)18-30(25,3)35-34-27)33-28(36)16-24-12-7-13-38-24/h6-8,11-13,15,17,19,22,35H,4-5,9-10,14,16,18H2,1-3H3,(H,33,36)(H2,31,32,37). The molecule has 0 radical (unpaired) electrons. The molecule has 8 heteroatoms. The van der Waals surface area contributed by atoms with Crippen LogP contribution in [0.1, 0.15) is 75.7 Å². The molecule has 2 atom stereocenters. The molecule has 2 heterocycles. The van der Waals surface area contributed by atoms with Crippen LogP contribution in [-0.2, 0) is 11.2 Å². The summed E-state index contributed by atoms with van der Waals surface area (Å²) in [5.74, 6) is 0.198. The van der Waals surface area contributed by atoms with E-state index >= 15 is 0 Å². The molecule has 1 aromatic heterocycles. The van der Waals surface area contributed by atoms with Crippen LogP contribution in [0.4, 0.5) is 10.5 Å². The summed E-state index contributed by atoms with van der Waals surface area (Å²) in [5.41, 5.74) is 9.19.